The number of hydrogen-bond acceptors (Lipinski definition) is 8. The predicted molar refractivity (Wildman–Crippen MR) is 148 cm³/mol. The quantitative estimate of drug-likeness (QED) is 0.417. The van der Waals surface area contributed by atoms with Crippen LogP contribution in [-0.2, 0) is 25.0 Å². The molecule has 0 radical (unpaired) electrons. The second kappa shape index (κ2) is 8.83. The first-order valence-electron chi connectivity index (χ1n) is 11.7. The third-order valence-corrected chi connectivity index (χ3v) is 12.1. The highest BCUT2D eigenvalue weighted by Crippen LogP contribution is 2.64. The van der Waals surface area contributed by atoms with Crippen molar-refractivity contribution in [2.45, 2.75) is 59.3 Å². The van der Waals surface area contributed by atoms with E-state index < -0.39 is 31.3 Å². The zero-order valence-corrected chi connectivity index (χ0v) is 23.4. The van der Waals surface area contributed by atoms with Crippen molar-refractivity contribution in [3.8, 4) is 0 Å². The summed E-state index contributed by atoms with van der Waals surface area (Å²) in [5.74, 6) is -0.363. The minimum absolute atomic E-state index is 0.131. The van der Waals surface area contributed by atoms with Crippen molar-refractivity contribution in [2.24, 2.45) is 0 Å². The molecule has 0 aliphatic carbocycles. The number of aldehydes is 1. The molecule has 36 heavy (non-hydrogen) atoms. The normalized spacial score (nSPS) is 31.6. The molecule has 2 fully saturated rings. The third-order valence-electron chi connectivity index (χ3n) is 7.45. The van der Waals surface area contributed by atoms with Gasteiger partial charge in [-0.2, -0.15) is 0 Å². The number of thioether (sulfide) groups is 2. The smallest absolute Gasteiger partial charge is 0.266 e. The van der Waals surface area contributed by atoms with Gasteiger partial charge < -0.3 is 0 Å². The van der Waals surface area contributed by atoms with Gasteiger partial charge in [-0.15, -0.1) is 0 Å². The Hall–Kier alpha value is -1.92. The molecule has 1 amide bonds. The van der Waals surface area contributed by atoms with Crippen LogP contribution in [0.25, 0.3) is 0 Å². The lowest BCUT2D eigenvalue weighted by atomic mass is 9.74. The lowest BCUT2D eigenvalue weighted by Crippen LogP contribution is -2.63. The summed E-state index contributed by atoms with van der Waals surface area (Å²) in [6.07, 6.45) is 1.49. The predicted octanol–water partition coefficient (Wildman–Crippen LogP) is 4.09. The summed E-state index contributed by atoms with van der Waals surface area (Å²) in [5.41, 5.74) is 0.606. The van der Waals surface area contributed by atoms with E-state index in [1.54, 1.807) is 50.4 Å². The fourth-order valence-electron chi connectivity index (χ4n) is 5.88. The van der Waals surface area contributed by atoms with Gasteiger partial charge in [0.25, 0.3) is 15.9 Å². The lowest BCUT2D eigenvalue weighted by molar-refractivity contribution is -0.140. The number of thiocarbonyl (C=S) groups is 1. The van der Waals surface area contributed by atoms with Gasteiger partial charge in [-0.3, -0.25) is 19.8 Å². The number of nitrogens with zero attached hydrogens (tertiary/aromatic N) is 2. The minimum Gasteiger partial charge on any atom is -0.300 e. The monoisotopic (exact) mass is 561 g/mol. The van der Waals surface area contributed by atoms with Crippen LogP contribution in [0.4, 0.5) is 5.69 Å². The Morgan fingerprint density at radius 3 is 2.44 bits per heavy atom. The Morgan fingerprint density at radius 1 is 1.14 bits per heavy atom. The Labute approximate surface area is 225 Å². The van der Waals surface area contributed by atoms with E-state index in [0.29, 0.717) is 15.6 Å². The van der Waals surface area contributed by atoms with Gasteiger partial charge in [0.1, 0.15) is 14.6 Å². The second-order valence-corrected chi connectivity index (χ2v) is 15.2. The number of anilines is 1. The number of para-hydroxylation sites is 1. The number of likely N-dealkylation sites (N-methyl/N-ethyl adjacent to an activating group) is 1. The third kappa shape index (κ3) is 3.43. The summed E-state index contributed by atoms with van der Waals surface area (Å²) in [4.78, 5) is 26.4. The molecular weight excluding hydrogens is 535 g/mol. The maximum atomic E-state index is 14.3. The average molecular weight is 562 g/mol. The summed E-state index contributed by atoms with van der Waals surface area (Å²) in [7, 11) is -2.42. The van der Waals surface area contributed by atoms with Crippen LogP contribution >= 0.6 is 35.7 Å². The zero-order chi connectivity index (χ0) is 25.9. The Kier molecular flexibility index (Phi) is 6.31. The van der Waals surface area contributed by atoms with Crippen LogP contribution in [-0.4, -0.2) is 52.0 Å². The number of rotatable bonds is 6. The van der Waals surface area contributed by atoms with Crippen LogP contribution in [0.1, 0.15) is 38.7 Å². The number of fused-ring (bicyclic) bond motifs is 5. The van der Waals surface area contributed by atoms with Crippen LogP contribution < -0.4 is 9.62 Å². The van der Waals surface area contributed by atoms with Crippen LogP contribution in [0.5, 0.6) is 0 Å². The van der Waals surface area contributed by atoms with Crippen LogP contribution in [0.2, 0.25) is 0 Å². The van der Waals surface area contributed by atoms with Crippen LogP contribution in [0.15, 0.2) is 59.5 Å². The van der Waals surface area contributed by atoms with Gasteiger partial charge in [0.2, 0.25) is 0 Å². The summed E-state index contributed by atoms with van der Waals surface area (Å²) < 4.78 is 30.4. The van der Waals surface area contributed by atoms with Gasteiger partial charge in [-0.05, 0) is 44.2 Å². The minimum atomic E-state index is -4.09. The number of carbonyl (C=O) groups is 2. The molecule has 0 aromatic heterocycles. The first kappa shape index (κ1) is 25.7. The molecule has 1 N–H and O–H groups in total. The number of nitrogens with one attached hydrogen (secondary N) is 1. The maximum absolute atomic E-state index is 14.3. The fourth-order valence-corrected chi connectivity index (χ4v) is 11.2. The molecule has 2 saturated heterocycles. The molecule has 2 aromatic rings. The Bertz CT molecular complexity index is 1350. The standard InChI is InChI=1S/C25H27N3O4S4/c1-4-14-24-15-25(16-29)27(21(30)23(2,26-3)34-22(33)35-25)20(24)28(19-13-9-8-12-18(19)24)36(31,32)17-10-6-5-7-11-17/h5-13,16,20,26H,4,14-15H2,1-3H3/t20-,23+,24?,25?/m0/s1. The fraction of sp³-hybridized carbons (Fsp3) is 0.400. The van der Waals surface area contributed by atoms with E-state index in [4.69, 9.17) is 12.2 Å². The van der Waals surface area contributed by atoms with Crippen molar-refractivity contribution in [1.82, 2.24) is 10.2 Å². The van der Waals surface area contributed by atoms with Crippen molar-refractivity contribution in [1.29, 1.82) is 0 Å². The van der Waals surface area contributed by atoms with E-state index in [2.05, 4.69) is 5.32 Å². The van der Waals surface area contributed by atoms with Gasteiger partial charge in [0, 0.05) is 11.8 Å². The first-order chi connectivity index (χ1) is 17.1. The Morgan fingerprint density at radius 2 is 1.81 bits per heavy atom. The van der Waals surface area contributed by atoms with Gasteiger partial charge >= 0.3 is 0 Å². The Balaban J connectivity index is 1.84. The highest BCUT2D eigenvalue weighted by molar-refractivity contribution is 8.48. The van der Waals surface area contributed by atoms with Crippen molar-refractivity contribution in [3.63, 3.8) is 0 Å². The van der Waals surface area contributed by atoms with Gasteiger partial charge in [-0.1, -0.05) is 85.5 Å². The van der Waals surface area contributed by atoms with E-state index in [0.717, 1.165) is 18.3 Å². The van der Waals surface area contributed by atoms with Crippen molar-refractivity contribution in [3.05, 3.63) is 60.2 Å². The highest BCUT2D eigenvalue weighted by atomic mass is 32.2. The zero-order valence-electron chi connectivity index (χ0n) is 20.1. The lowest BCUT2D eigenvalue weighted by Gasteiger charge is -2.42. The molecular formula is C25H27N3O4S4. The number of amides is 1. The largest absolute Gasteiger partial charge is 0.300 e. The molecule has 0 bridgehead atoms. The topological polar surface area (TPSA) is 86.8 Å². The molecule has 5 rings (SSSR count). The van der Waals surface area contributed by atoms with E-state index in [1.165, 1.54) is 32.7 Å². The SMILES string of the molecule is CCCC12CC3(C=O)SC(=S)S[C@@](C)(NC)C(=O)N3[C@H]1N(S(=O)(=O)c1ccccc1)c1ccccc12. The molecule has 0 saturated carbocycles. The summed E-state index contributed by atoms with van der Waals surface area (Å²) >= 11 is 8.00. The van der Waals surface area contributed by atoms with Crippen molar-refractivity contribution in [2.75, 3.05) is 11.4 Å². The molecule has 2 aromatic carbocycles. The molecule has 3 aliphatic heterocycles. The molecule has 7 nitrogen and oxygen atoms in total. The maximum Gasteiger partial charge on any atom is 0.266 e. The second-order valence-electron chi connectivity index (χ2n) is 9.46. The summed E-state index contributed by atoms with van der Waals surface area (Å²) in [6, 6.07) is 15.7. The van der Waals surface area contributed by atoms with Gasteiger partial charge in [-0.25, -0.2) is 12.7 Å². The van der Waals surface area contributed by atoms with Crippen LogP contribution in [0, 0.1) is 0 Å². The van der Waals surface area contributed by atoms with Gasteiger partial charge in [0.05, 0.1) is 10.6 Å². The van der Waals surface area contributed by atoms with Crippen molar-refractivity contribution < 1.29 is 18.0 Å². The van der Waals surface area contributed by atoms with Crippen LogP contribution in [0.3, 0.4) is 0 Å². The summed E-state index contributed by atoms with van der Waals surface area (Å²) in [5, 5.41) is 3.07. The molecule has 11 heteroatoms. The van der Waals surface area contributed by atoms with E-state index >= 15 is 0 Å². The molecule has 4 atom stereocenters. The number of sulfonamides is 1. The number of hydrogen-bond donors (Lipinski definition) is 1. The summed E-state index contributed by atoms with van der Waals surface area (Å²) in [6.45, 7) is 3.76. The molecule has 2 unspecified atom stereocenters. The van der Waals surface area contributed by atoms with E-state index in [9.17, 15) is 18.0 Å². The molecule has 3 aliphatic rings. The number of benzene rings is 2. The first-order valence-corrected chi connectivity index (χ1v) is 15.2. The highest BCUT2D eigenvalue weighted by Gasteiger charge is 2.71. The molecule has 190 valence electrons. The van der Waals surface area contributed by atoms with Crippen molar-refractivity contribution >= 4 is 67.2 Å². The van der Waals surface area contributed by atoms with E-state index in [-0.39, 0.29) is 17.2 Å². The molecule has 3 heterocycles. The average Bonchev–Trinajstić information content (AvgIpc) is 3.26. The number of carbonyl (C=O) groups excluding carboxylic acids is 2. The van der Waals surface area contributed by atoms with E-state index in [1.807, 2.05) is 25.1 Å². The van der Waals surface area contributed by atoms with Gasteiger partial charge in [0.15, 0.2) is 11.2 Å². The molecule has 0 spiro atoms.